The predicted octanol–water partition coefficient (Wildman–Crippen LogP) is 7.39. The van der Waals surface area contributed by atoms with Gasteiger partial charge in [-0.1, -0.05) is 60.7 Å². The van der Waals surface area contributed by atoms with Crippen molar-refractivity contribution >= 4 is 62.5 Å². The smallest absolute Gasteiger partial charge is 0.270 e. The Hall–Kier alpha value is -4.07. The molecule has 4 aromatic carbocycles. The summed E-state index contributed by atoms with van der Waals surface area (Å²) in [6.07, 6.45) is 1.59. The third kappa shape index (κ3) is 5.55. The van der Waals surface area contributed by atoms with Crippen molar-refractivity contribution in [1.29, 1.82) is 0 Å². The first-order valence-corrected chi connectivity index (χ1v) is 13.6. The summed E-state index contributed by atoms with van der Waals surface area (Å²) in [6.45, 7) is 4.58. The molecule has 0 atom stereocenters. The van der Waals surface area contributed by atoms with Gasteiger partial charge in [0.25, 0.3) is 11.8 Å². The van der Waals surface area contributed by atoms with Crippen LogP contribution in [0.25, 0.3) is 6.08 Å². The van der Waals surface area contributed by atoms with Gasteiger partial charge in [0.2, 0.25) is 0 Å². The summed E-state index contributed by atoms with van der Waals surface area (Å²) < 4.78 is 6.75. The molecule has 4 aromatic rings. The summed E-state index contributed by atoms with van der Waals surface area (Å²) >= 11 is 9.25. The van der Waals surface area contributed by atoms with Crippen LogP contribution in [0.15, 0.2) is 107 Å². The van der Waals surface area contributed by atoms with Crippen molar-refractivity contribution < 1.29 is 14.3 Å². The van der Waals surface area contributed by atoms with Crippen LogP contribution in [0.2, 0.25) is 0 Å². The van der Waals surface area contributed by atoms with E-state index in [-0.39, 0.29) is 10.7 Å². The number of rotatable bonds is 6. The molecule has 39 heavy (non-hydrogen) atoms. The minimum absolute atomic E-state index is 0.00649. The van der Waals surface area contributed by atoms with Gasteiger partial charge >= 0.3 is 0 Å². The quantitative estimate of drug-likeness (QED) is 0.132. The van der Waals surface area contributed by atoms with Gasteiger partial charge in [0, 0.05) is 0 Å². The second kappa shape index (κ2) is 11.4. The molecular weight excluding hydrogens is 572 g/mol. The summed E-state index contributed by atoms with van der Waals surface area (Å²) in [4.78, 5) is 30.1. The van der Waals surface area contributed by atoms with Gasteiger partial charge in [0.15, 0.2) is 5.11 Å². The zero-order valence-electron chi connectivity index (χ0n) is 21.4. The summed E-state index contributed by atoms with van der Waals surface area (Å²) in [6, 6.07) is 29.9. The minimum atomic E-state index is -0.477. The molecule has 194 valence electrons. The highest BCUT2D eigenvalue weighted by Crippen LogP contribution is 2.32. The Kier molecular flexibility index (Phi) is 7.72. The van der Waals surface area contributed by atoms with Gasteiger partial charge in [-0.3, -0.25) is 19.4 Å². The molecule has 0 aromatic heterocycles. The zero-order valence-corrected chi connectivity index (χ0v) is 23.8. The Balaban J connectivity index is 1.47. The van der Waals surface area contributed by atoms with Gasteiger partial charge in [0.05, 0.1) is 15.8 Å². The average molecular weight is 598 g/mol. The Bertz CT molecular complexity index is 1540. The predicted molar refractivity (Wildman–Crippen MR) is 163 cm³/mol. The summed E-state index contributed by atoms with van der Waals surface area (Å²) in [5.41, 5.74) is 5.38. The number of hydrogen-bond donors (Lipinski definition) is 0. The fraction of sp³-hybridized carbons (Fsp3) is 0.0938. The van der Waals surface area contributed by atoms with Crippen molar-refractivity contribution in [2.45, 2.75) is 20.5 Å². The van der Waals surface area contributed by atoms with Crippen LogP contribution in [0.1, 0.15) is 22.3 Å². The third-order valence-electron chi connectivity index (χ3n) is 6.51. The van der Waals surface area contributed by atoms with Crippen molar-refractivity contribution in [2.24, 2.45) is 0 Å². The lowest BCUT2D eigenvalue weighted by atomic mass is 10.0. The highest BCUT2D eigenvalue weighted by molar-refractivity contribution is 9.10. The molecule has 1 aliphatic rings. The summed E-state index contributed by atoms with van der Waals surface area (Å²) in [5.74, 6) is -0.293. The Morgan fingerprint density at radius 1 is 0.769 bits per heavy atom. The van der Waals surface area contributed by atoms with E-state index in [0.717, 1.165) is 5.56 Å². The van der Waals surface area contributed by atoms with E-state index in [1.807, 2.05) is 54.6 Å². The molecule has 0 unspecified atom stereocenters. The van der Waals surface area contributed by atoms with Gasteiger partial charge < -0.3 is 4.74 Å². The first-order chi connectivity index (χ1) is 18.8. The number of nitrogens with zero attached hydrogens (tertiary/aromatic N) is 2. The first-order valence-electron chi connectivity index (χ1n) is 12.4. The first kappa shape index (κ1) is 26.5. The molecule has 5 nitrogen and oxygen atoms in total. The fourth-order valence-corrected chi connectivity index (χ4v) is 5.17. The van der Waals surface area contributed by atoms with E-state index in [9.17, 15) is 9.59 Å². The van der Waals surface area contributed by atoms with Crippen LogP contribution >= 0.6 is 28.1 Å². The van der Waals surface area contributed by atoms with E-state index in [2.05, 4.69) is 48.0 Å². The molecule has 0 bridgehead atoms. The molecular formula is C32H25BrN2O3S. The van der Waals surface area contributed by atoms with Crippen LogP contribution in [0, 0.1) is 13.8 Å². The van der Waals surface area contributed by atoms with E-state index < -0.39 is 11.8 Å². The van der Waals surface area contributed by atoms with Crippen molar-refractivity contribution in [3.8, 4) is 5.75 Å². The largest absolute Gasteiger partial charge is 0.488 e. The molecule has 0 spiro atoms. The van der Waals surface area contributed by atoms with E-state index >= 15 is 0 Å². The molecule has 5 rings (SSSR count). The van der Waals surface area contributed by atoms with Crippen molar-refractivity contribution in [1.82, 2.24) is 0 Å². The SMILES string of the molecule is Cc1ccc(COc2ccc(C=C3C(=O)N(c4ccccc4)C(=S)N(c4ccccc4)C3=O)cc2Br)cc1C. The number of amides is 2. The zero-order chi connectivity index (χ0) is 27.5. The van der Waals surface area contributed by atoms with Gasteiger partial charge in [-0.15, -0.1) is 0 Å². The molecule has 0 N–H and O–H groups in total. The maximum absolute atomic E-state index is 13.7. The van der Waals surface area contributed by atoms with E-state index in [1.54, 1.807) is 30.3 Å². The van der Waals surface area contributed by atoms with Crippen LogP contribution in [0.4, 0.5) is 11.4 Å². The van der Waals surface area contributed by atoms with Gasteiger partial charge in [-0.05, 0) is 107 Å². The van der Waals surface area contributed by atoms with Crippen LogP contribution in [-0.4, -0.2) is 16.9 Å². The molecule has 1 saturated heterocycles. The van der Waals surface area contributed by atoms with Gasteiger partial charge in [0.1, 0.15) is 17.9 Å². The standard InChI is InChI=1S/C32H25BrN2O3S/c1-21-13-14-24(17-22(21)2)20-38-29-16-15-23(19-28(29)33)18-27-30(36)34(25-9-5-3-6-10-25)32(39)35(31(27)37)26-11-7-4-8-12-26/h3-19H,20H2,1-2H3. The summed E-state index contributed by atoms with van der Waals surface area (Å²) in [7, 11) is 0. The maximum Gasteiger partial charge on any atom is 0.270 e. The number of hydrogen-bond acceptors (Lipinski definition) is 4. The summed E-state index contributed by atoms with van der Waals surface area (Å²) in [5, 5.41) is 0.107. The maximum atomic E-state index is 13.7. The Morgan fingerprint density at radius 3 is 1.90 bits per heavy atom. The van der Waals surface area contributed by atoms with Crippen molar-refractivity contribution in [2.75, 3.05) is 9.80 Å². The highest BCUT2D eigenvalue weighted by atomic mass is 79.9. The highest BCUT2D eigenvalue weighted by Gasteiger charge is 2.41. The number of carbonyl (C=O) groups is 2. The monoisotopic (exact) mass is 596 g/mol. The van der Waals surface area contributed by atoms with Gasteiger partial charge in [-0.25, -0.2) is 0 Å². The number of benzene rings is 4. The molecule has 1 heterocycles. The average Bonchev–Trinajstić information content (AvgIpc) is 2.94. The fourth-order valence-electron chi connectivity index (χ4n) is 4.28. The van der Waals surface area contributed by atoms with Crippen LogP contribution < -0.4 is 14.5 Å². The molecule has 1 aliphatic heterocycles. The van der Waals surface area contributed by atoms with Crippen LogP contribution in [0.5, 0.6) is 5.75 Å². The molecule has 0 radical (unpaired) electrons. The topological polar surface area (TPSA) is 49.9 Å². The Morgan fingerprint density at radius 2 is 1.36 bits per heavy atom. The van der Waals surface area contributed by atoms with Crippen LogP contribution in [-0.2, 0) is 16.2 Å². The number of ether oxygens (including phenoxy) is 1. The minimum Gasteiger partial charge on any atom is -0.488 e. The molecule has 2 amide bonds. The van der Waals surface area contributed by atoms with E-state index in [4.69, 9.17) is 17.0 Å². The van der Waals surface area contributed by atoms with Gasteiger partial charge in [-0.2, -0.15) is 0 Å². The molecule has 0 aliphatic carbocycles. The number of aryl methyl sites for hydroxylation is 2. The normalized spacial score (nSPS) is 13.6. The molecule has 0 saturated carbocycles. The number of halogens is 1. The number of anilines is 2. The molecule has 1 fully saturated rings. The van der Waals surface area contributed by atoms with E-state index in [1.165, 1.54) is 20.9 Å². The van der Waals surface area contributed by atoms with Crippen LogP contribution in [0.3, 0.4) is 0 Å². The van der Waals surface area contributed by atoms with E-state index in [0.29, 0.717) is 33.8 Å². The molecule has 7 heteroatoms. The number of carbonyl (C=O) groups excluding carboxylic acids is 2. The van der Waals surface area contributed by atoms with Crippen molar-refractivity contribution in [3.63, 3.8) is 0 Å². The lowest BCUT2D eigenvalue weighted by Crippen LogP contribution is -2.56. The van der Waals surface area contributed by atoms with Crippen molar-refractivity contribution in [3.05, 3.63) is 129 Å². The second-order valence-corrected chi connectivity index (χ2v) is 10.4. The Labute approximate surface area is 241 Å². The lowest BCUT2D eigenvalue weighted by Gasteiger charge is -2.36. The lowest BCUT2D eigenvalue weighted by molar-refractivity contribution is -0.120. The second-order valence-electron chi connectivity index (χ2n) is 9.19. The third-order valence-corrected chi connectivity index (χ3v) is 7.50. The number of para-hydroxylation sites is 2. The number of thiocarbonyl (C=S) groups is 1.